The van der Waals surface area contributed by atoms with Crippen LogP contribution in [0.5, 0.6) is 17.2 Å². The van der Waals surface area contributed by atoms with Gasteiger partial charge in [-0.25, -0.2) is 0 Å². The molecule has 19 heavy (non-hydrogen) atoms. The molecule has 0 radical (unpaired) electrons. The number of benzene rings is 2. The van der Waals surface area contributed by atoms with E-state index in [0.29, 0.717) is 23.6 Å². The van der Waals surface area contributed by atoms with Gasteiger partial charge in [-0.05, 0) is 31.2 Å². The summed E-state index contributed by atoms with van der Waals surface area (Å²) in [5.74, 6) is 0.788. The SMILES string of the molecule is CCOc1ccc(N=Cc2ccccc2O)c(O)c1. The molecule has 0 aliphatic heterocycles. The summed E-state index contributed by atoms with van der Waals surface area (Å²) in [6, 6.07) is 11.8. The summed E-state index contributed by atoms with van der Waals surface area (Å²) in [6.45, 7) is 2.42. The van der Waals surface area contributed by atoms with Crippen molar-refractivity contribution in [1.82, 2.24) is 0 Å². The number of phenols is 2. The van der Waals surface area contributed by atoms with Gasteiger partial charge in [-0.15, -0.1) is 0 Å². The number of nitrogens with zero attached hydrogens (tertiary/aromatic N) is 1. The van der Waals surface area contributed by atoms with E-state index in [2.05, 4.69) is 4.99 Å². The second-order valence-electron chi connectivity index (χ2n) is 3.90. The van der Waals surface area contributed by atoms with Gasteiger partial charge >= 0.3 is 0 Å². The van der Waals surface area contributed by atoms with Crippen molar-refractivity contribution < 1.29 is 14.9 Å². The molecular formula is C15H15NO3. The van der Waals surface area contributed by atoms with Crippen LogP contribution >= 0.6 is 0 Å². The molecule has 0 aromatic heterocycles. The average Bonchev–Trinajstić information content (AvgIpc) is 2.40. The monoisotopic (exact) mass is 257 g/mol. The van der Waals surface area contributed by atoms with E-state index in [-0.39, 0.29) is 11.5 Å². The molecule has 0 heterocycles. The van der Waals surface area contributed by atoms with E-state index in [1.807, 2.05) is 6.92 Å². The van der Waals surface area contributed by atoms with Crippen molar-refractivity contribution in [1.29, 1.82) is 0 Å². The standard InChI is InChI=1S/C15H15NO3/c1-2-19-12-7-8-13(15(18)9-12)16-10-11-5-3-4-6-14(11)17/h3-10,17-18H,2H2,1H3. The maximum absolute atomic E-state index is 9.81. The molecule has 0 bridgehead atoms. The van der Waals surface area contributed by atoms with E-state index in [4.69, 9.17) is 4.74 Å². The molecule has 0 spiro atoms. The maximum Gasteiger partial charge on any atom is 0.144 e. The molecule has 0 fully saturated rings. The number of hydrogen-bond acceptors (Lipinski definition) is 4. The minimum absolute atomic E-state index is 0.0395. The fraction of sp³-hybridized carbons (Fsp3) is 0.133. The highest BCUT2D eigenvalue weighted by Gasteiger charge is 2.02. The van der Waals surface area contributed by atoms with Gasteiger partial charge in [0.1, 0.15) is 22.9 Å². The molecule has 2 aromatic rings. The number of phenolic OH excluding ortho intramolecular Hbond substituents is 2. The normalized spacial score (nSPS) is 10.8. The summed E-state index contributed by atoms with van der Waals surface area (Å²) >= 11 is 0. The highest BCUT2D eigenvalue weighted by atomic mass is 16.5. The first-order valence-electron chi connectivity index (χ1n) is 5.98. The molecule has 4 heteroatoms. The van der Waals surface area contributed by atoms with Gasteiger partial charge in [0.15, 0.2) is 0 Å². The summed E-state index contributed by atoms with van der Waals surface area (Å²) in [7, 11) is 0. The smallest absolute Gasteiger partial charge is 0.144 e. The molecule has 4 nitrogen and oxygen atoms in total. The topological polar surface area (TPSA) is 62.0 Å². The lowest BCUT2D eigenvalue weighted by molar-refractivity contribution is 0.338. The van der Waals surface area contributed by atoms with Crippen molar-refractivity contribution in [3.8, 4) is 17.2 Å². The Bertz CT molecular complexity index is 594. The van der Waals surface area contributed by atoms with Crippen LogP contribution < -0.4 is 4.74 Å². The van der Waals surface area contributed by atoms with Crippen LogP contribution in [0.1, 0.15) is 12.5 Å². The van der Waals surface area contributed by atoms with Gasteiger partial charge in [-0.3, -0.25) is 4.99 Å². The first-order valence-corrected chi connectivity index (χ1v) is 5.98. The summed E-state index contributed by atoms with van der Waals surface area (Å²) in [6.07, 6.45) is 1.50. The van der Waals surface area contributed by atoms with Gasteiger partial charge in [0.2, 0.25) is 0 Å². The van der Waals surface area contributed by atoms with E-state index in [1.54, 1.807) is 36.4 Å². The van der Waals surface area contributed by atoms with E-state index in [9.17, 15) is 10.2 Å². The molecule has 0 saturated heterocycles. The van der Waals surface area contributed by atoms with Crippen LogP contribution in [0.4, 0.5) is 5.69 Å². The minimum Gasteiger partial charge on any atom is -0.507 e. The van der Waals surface area contributed by atoms with Crippen molar-refractivity contribution >= 4 is 11.9 Å². The highest BCUT2D eigenvalue weighted by molar-refractivity contribution is 5.85. The molecule has 0 atom stereocenters. The van der Waals surface area contributed by atoms with Crippen molar-refractivity contribution in [3.63, 3.8) is 0 Å². The van der Waals surface area contributed by atoms with Crippen LogP contribution in [0.3, 0.4) is 0 Å². The third-order valence-corrected chi connectivity index (χ3v) is 2.54. The Morgan fingerprint density at radius 3 is 2.58 bits per heavy atom. The zero-order valence-corrected chi connectivity index (χ0v) is 10.6. The number of ether oxygens (including phenoxy) is 1. The van der Waals surface area contributed by atoms with E-state index >= 15 is 0 Å². The zero-order chi connectivity index (χ0) is 13.7. The number of aromatic hydroxyl groups is 2. The lowest BCUT2D eigenvalue weighted by atomic mass is 10.2. The first kappa shape index (κ1) is 13.0. The van der Waals surface area contributed by atoms with E-state index < -0.39 is 0 Å². The lowest BCUT2D eigenvalue weighted by Gasteiger charge is -2.05. The van der Waals surface area contributed by atoms with Crippen molar-refractivity contribution in [2.75, 3.05) is 6.61 Å². The van der Waals surface area contributed by atoms with Gasteiger partial charge in [-0.2, -0.15) is 0 Å². The second kappa shape index (κ2) is 5.91. The lowest BCUT2D eigenvalue weighted by Crippen LogP contribution is -1.90. The third kappa shape index (κ3) is 3.25. The van der Waals surface area contributed by atoms with Crippen molar-refractivity contribution in [3.05, 3.63) is 48.0 Å². The van der Waals surface area contributed by atoms with Gasteiger partial charge in [0.25, 0.3) is 0 Å². The van der Waals surface area contributed by atoms with Gasteiger partial charge in [0, 0.05) is 17.8 Å². The van der Waals surface area contributed by atoms with Crippen molar-refractivity contribution in [2.24, 2.45) is 4.99 Å². The fourth-order valence-corrected chi connectivity index (χ4v) is 1.60. The number of hydrogen-bond donors (Lipinski definition) is 2. The molecule has 0 aliphatic carbocycles. The molecule has 0 amide bonds. The molecule has 2 aromatic carbocycles. The summed E-state index contributed by atoms with van der Waals surface area (Å²) in [5, 5.41) is 19.4. The predicted octanol–water partition coefficient (Wildman–Crippen LogP) is 3.25. The molecule has 0 saturated carbocycles. The summed E-state index contributed by atoms with van der Waals surface area (Å²) < 4.78 is 5.27. The Labute approximate surface area is 111 Å². The second-order valence-corrected chi connectivity index (χ2v) is 3.90. The Morgan fingerprint density at radius 1 is 1.11 bits per heavy atom. The Balaban J connectivity index is 2.22. The first-order chi connectivity index (χ1) is 9.20. The largest absolute Gasteiger partial charge is 0.507 e. The van der Waals surface area contributed by atoms with Crippen LogP contribution in [-0.4, -0.2) is 23.0 Å². The van der Waals surface area contributed by atoms with Gasteiger partial charge in [-0.1, -0.05) is 12.1 Å². The molecule has 0 aliphatic rings. The number of para-hydroxylation sites is 1. The van der Waals surface area contributed by atoms with Gasteiger partial charge < -0.3 is 14.9 Å². The van der Waals surface area contributed by atoms with Crippen LogP contribution in [0.15, 0.2) is 47.5 Å². The minimum atomic E-state index is 0.0395. The number of aliphatic imine (C=N–C) groups is 1. The fourth-order valence-electron chi connectivity index (χ4n) is 1.60. The summed E-state index contributed by atoms with van der Waals surface area (Å²) in [4.78, 5) is 4.15. The molecule has 2 N–H and O–H groups in total. The zero-order valence-electron chi connectivity index (χ0n) is 10.6. The highest BCUT2D eigenvalue weighted by Crippen LogP contribution is 2.30. The Morgan fingerprint density at radius 2 is 1.89 bits per heavy atom. The summed E-state index contributed by atoms with van der Waals surface area (Å²) in [5.41, 5.74) is 1.02. The molecule has 0 unspecified atom stereocenters. The Kier molecular flexibility index (Phi) is 4.03. The molecular weight excluding hydrogens is 242 g/mol. The quantitative estimate of drug-likeness (QED) is 0.826. The average molecular weight is 257 g/mol. The third-order valence-electron chi connectivity index (χ3n) is 2.54. The molecule has 2 rings (SSSR count). The van der Waals surface area contributed by atoms with Crippen molar-refractivity contribution in [2.45, 2.75) is 6.92 Å². The predicted molar refractivity (Wildman–Crippen MR) is 74.6 cm³/mol. The van der Waals surface area contributed by atoms with E-state index in [0.717, 1.165) is 0 Å². The van der Waals surface area contributed by atoms with Crippen LogP contribution in [0.2, 0.25) is 0 Å². The van der Waals surface area contributed by atoms with E-state index in [1.165, 1.54) is 12.3 Å². The maximum atomic E-state index is 9.81. The number of rotatable bonds is 4. The van der Waals surface area contributed by atoms with Crippen LogP contribution in [0, 0.1) is 0 Å². The Hall–Kier alpha value is -2.49. The van der Waals surface area contributed by atoms with Gasteiger partial charge in [0.05, 0.1) is 6.61 Å². The van der Waals surface area contributed by atoms with Crippen LogP contribution in [0.25, 0.3) is 0 Å². The molecule has 98 valence electrons. The van der Waals surface area contributed by atoms with Crippen LogP contribution in [-0.2, 0) is 0 Å².